The lowest BCUT2D eigenvalue weighted by Crippen LogP contribution is -2.20. The molecule has 0 radical (unpaired) electrons. The fourth-order valence-electron chi connectivity index (χ4n) is 2.66. The van der Waals surface area contributed by atoms with Gasteiger partial charge in [0, 0.05) is 15.2 Å². The third-order valence-electron chi connectivity index (χ3n) is 3.75. The number of nitrogens with zero attached hydrogens (tertiary/aromatic N) is 3. The first-order valence-electron chi connectivity index (χ1n) is 7.10. The first-order chi connectivity index (χ1) is 11.2. The monoisotopic (exact) mass is 386 g/mol. The van der Waals surface area contributed by atoms with Gasteiger partial charge in [0.15, 0.2) is 0 Å². The highest BCUT2D eigenvalue weighted by molar-refractivity contribution is 9.10. The molecule has 1 aliphatic heterocycles. The zero-order chi connectivity index (χ0) is 15.8. The molecular weight excluding hydrogens is 376 g/mol. The van der Waals surface area contributed by atoms with Crippen LogP contribution < -0.4 is 5.32 Å². The van der Waals surface area contributed by atoms with Crippen LogP contribution in [-0.4, -0.2) is 14.8 Å². The van der Waals surface area contributed by atoms with Gasteiger partial charge in [-0.05, 0) is 41.5 Å². The van der Waals surface area contributed by atoms with Crippen LogP contribution in [0.5, 0.6) is 0 Å². The zero-order valence-corrected chi connectivity index (χ0v) is 14.3. The van der Waals surface area contributed by atoms with Gasteiger partial charge in [0.2, 0.25) is 5.95 Å². The van der Waals surface area contributed by atoms with Crippen molar-refractivity contribution in [3.63, 3.8) is 0 Å². The Hall–Kier alpha value is -2.11. The van der Waals surface area contributed by atoms with Crippen LogP contribution in [0.15, 0.2) is 65.4 Å². The fourth-order valence-corrected chi connectivity index (χ4v) is 3.20. The number of halogens is 2. The third-order valence-corrected chi connectivity index (χ3v) is 4.50. The van der Waals surface area contributed by atoms with Gasteiger partial charge in [-0.2, -0.15) is 10.1 Å². The van der Waals surface area contributed by atoms with Crippen LogP contribution in [0.2, 0.25) is 5.02 Å². The summed E-state index contributed by atoms with van der Waals surface area (Å²) in [6, 6.07) is 15.9. The van der Waals surface area contributed by atoms with Crippen molar-refractivity contribution in [2.24, 2.45) is 0 Å². The van der Waals surface area contributed by atoms with E-state index in [1.54, 1.807) is 6.33 Å². The number of nitrogens with one attached hydrogen (secondary N) is 1. The quantitative estimate of drug-likeness (QED) is 0.690. The summed E-state index contributed by atoms with van der Waals surface area (Å²) in [7, 11) is 0. The maximum absolute atomic E-state index is 5.98. The molecule has 0 amide bonds. The van der Waals surface area contributed by atoms with Crippen molar-refractivity contribution in [2.45, 2.75) is 6.04 Å². The van der Waals surface area contributed by atoms with Crippen molar-refractivity contribution in [1.82, 2.24) is 14.8 Å². The highest BCUT2D eigenvalue weighted by Crippen LogP contribution is 2.33. The van der Waals surface area contributed by atoms with Crippen LogP contribution in [0.1, 0.15) is 17.2 Å². The van der Waals surface area contributed by atoms with Gasteiger partial charge in [-0.1, -0.05) is 51.8 Å². The minimum Gasteiger partial charge on any atom is -0.324 e. The number of benzene rings is 2. The summed E-state index contributed by atoms with van der Waals surface area (Å²) >= 11 is 9.52. The van der Waals surface area contributed by atoms with Gasteiger partial charge >= 0.3 is 0 Å². The molecule has 4 rings (SSSR count). The molecule has 0 bridgehead atoms. The first-order valence-corrected chi connectivity index (χ1v) is 8.27. The molecule has 1 N–H and O–H groups in total. The molecule has 0 spiro atoms. The summed E-state index contributed by atoms with van der Waals surface area (Å²) in [5.41, 5.74) is 3.19. The van der Waals surface area contributed by atoms with Gasteiger partial charge in [0.05, 0.1) is 0 Å². The van der Waals surface area contributed by atoms with Crippen LogP contribution in [-0.2, 0) is 0 Å². The van der Waals surface area contributed by atoms with Gasteiger partial charge in [0.25, 0.3) is 0 Å². The first kappa shape index (κ1) is 14.5. The van der Waals surface area contributed by atoms with Gasteiger partial charge in [-0.3, -0.25) is 0 Å². The van der Waals surface area contributed by atoms with E-state index in [1.807, 2.05) is 41.1 Å². The number of hydrogen-bond donors (Lipinski definition) is 1. The molecule has 2 heterocycles. The summed E-state index contributed by atoms with van der Waals surface area (Å²) in [4.78, 5) is 4.31. The van der Waals surface area contributed by atoms with E-state index in [-0.39, 0.29) is 6.04 Å². The minimum atomic E-state index is -0.0167. The summed E-state index contributed by atoms with van der Waals surface area (Å²) in [5.74, 6) is 0.724. The van der Waals surface area contributed by atoms with Gasteiger partial charge in [0.1, 0.15) is 12.4 Å². The van der Waals surface area contributed by atoms with Crippen molar-refractivity contribution in [3.8, 4) is 0 Å². The lowest BCUT2D eigenvalue weighted by molar-refractivity contribution is 0.611. The van der Waals surface area contributed by atoms with Crippen molar-refractivity contribution in [3.05, 3.63) is 81.6 Å². The van der Waals surface area contributed by atoms with E-state index in [1.165, 1.54) is 0 Å². The molecule has 0 saturated carbocycles. The highest BCUT2D eigenvalue weighted by Gasteiger charge is 2.23. The van der Waals surface area contributed by atoms with E-state index in [0.29, 0.717) is 0 Å². The lowest BCUT2D eigenvalue weighted by atomic mass is 10.0. The van der Waals surface area contributed by atoms with Crippen LogP contribution in [0.25, 0.3) is 5.70 Å². The maximum atomic E-state index is 5.98. The Labute approximate surface area is 146 Å². The van der Waals surface area contributed by atoms with Crippen LogP contribution in [0, 0.1) is 0 Å². The average Bonchev–Trinajstić information content (AvgIpc) is 3.03. The van der Waals surface area contributed by atoms with Crippen molar-refractivity contribution >= 4 is 39.2 Å². The minimum absolute atomic E-state index is 0.0167. The number of allylic oxidation sites excluding steroid dienone is 1. The van der Waals surface area contributed by atoms with Crippen LogP contribution in [0.3, 0.4) is 0 Å². The lowest BCUT2D eigenvalue weighted by Gasteiger charge is -2.24. The molecule has 0 saturated heterocycles. The predicted octanol–water partition coefficient (Wildman–Crippen LogP) is 4.75. The van der Waals surface area contributed by atoms with E-state index in [9.17, 15) is 0 Å². The van der Waals surface area contributed by atoms with Gasteiger partial charge < -0.3 is 5.32 Å². The normalized spacial score (nSPS) is 16.4. The highest BCUT2D eigenvalue weighted by atomic mass is 79.9. The smallest absolute Gasteiger partial charge is 0.226 e. The molecule has 0 aliphatic carbocycles. The molecule has 6 heteroatoms. The van der Waals surface area contributed by atoms with Gasteiger partial charge in [-0.15, -0.1) is 0 Å². The number of anilines is 1. The number of aromatic nitrogens is 3. The Morgan fingerprint density at radius 1 is 1.13 bits per heavy atom. The average molecular weight is 388 g/mol. The van der Waals surface area contributed by atoms with Crippen LogP contribution >= 0.6 is 27.5 Å². The van der Waals surface area contributed by atoms with E-state index in [0.717, 1.165) is 32.3 Å². The topological polar surface area (TPSA) is 42.7 Å². The SMILES string of the molecule is Clc1ccc(C2=CC(c3cccc(Br)c3)n3ncnc3N2)cc1. The molecule has 1 unspecified atom stereocenters. The molecule has 1 aromatic heterocycles. The molecule has 23 heavy (non-hydrogen) atoms. The zero-order valence-electron chi connectivity index (χ0n) is 11.9. The third kappa shape index (κ3) is 2.78. The van der Waals surface area contributed by atoms with Crippen LogP contribution in [0.4, 0.5) is 5.95 Å². The maximum Gasteiger partial charge on any atom is 0.226 e. The second-order valence-electron chi connectivity index (χ2n) is 5.24. The van der Waals surface area contributed by atoms with E-state index in [4.69, 9.17) is 11.6 Å². The summed E-state index contributed by atoms with van der Waals surface area (Å²) in [6.07, 6.45) is 3.71. The summed E-state index contributed by atoms with van der Waals surface area (Å²) in [5, 5.41) is 8.39. The van der Waals surface area contributed by atoms with E-state index < -0.39 is 0 Å². The molecule has 4 nitrogen and oxygen atoms in total. The molecule has 3 aromatic rings. The summed E-state index contributed by atoms with van der Waals surface area (Å²) in [6.45, 7) is 0. The van der Waals surface area contributed by atoms with E-state index in [2.05, 4.69) is 49.5 Å². The molecule has 2 aromatic carbocycles. The number of fused-ring (bicyclic) bond motifs is 1. The molecule has 0 fully saturated rings. The predicted molar refractivity (Wildman–Crippen MR) is 95.4 cm³/mol. The second-order valence-corrected chi connectivity index (χ2v) is 6.59. The molecule has 114 valence electrons. The Morgan fingerprint density at radius 2 is 1.96 bits per heavy atom. The molecule has 1 aliphatic rings. The van der Waals surface area contributed by atoms with Crippen molar-refractivity contribution in [1.29, 1.82) is 0 Å². The van der Waals surface area contributed by atoms with Crippen molar-refractivity contribution < 1.29 is 0 Å². The number of hydrogen-bond acceptors (Lipinski definition) is 3. The Bertz CT molecular complexity index is 886. The standard InChI is InChI=1S/C17H12BrClN4/c18-13-3-1-2-12(8-13)16-9-15(11-4-6-14(19)7-5-11)22-17-20-10-21-23(16)17/h1-10,16H,(H,20,21,22). The Morgan fingerprint density at radius 3 is 2.74 bits per heavy atom. The Kier molecular flexibility index (Phi) is 3.67. The van der Waals surface area contributed by atoms with Gasteiger partial charge in [-0.25, -0.2) is 4.68 Å². The largest absolute Gasteiger partial charge is 0.324 e. The van der Waals surface area contributed by atoms with Crippen molar-refractivity contribution in [2.75, 3.05) is 5.32 Å². The Balaban J connectivity index is 1.81. The fraction of sp³-hybridized carbons (Fsp3) is 0.0588. The molecular formula is C17H12BrClN4. The number of rotatable bonds is 2. The second kappa shape index (κ2) is 5.83. The molecule has 1 atom stereocenters. The summed E-state index contributed by atoms with van der Waals surface area (Å²) < 4.78 is 2.91. The van der Waals surface area contributed by atoms with E-state index >= 15 is 0 Å².